The van der Waals surface area contributed by atoms with Gasteiger partial charge in [-0.25, -0.2) is 13.7 Å². The van der Waals surface area contributed by atoms with Crippen molar-refractivity contribution in [2.24, 2.45) is 0 Å². The molecule has 0 radical (unpaired) electrons. The Labute approximate surface area is 172 Å². The van der Waals surface area contributed by atoms with Crippen LogP contribution in [0, 0.1) is 25.5 Å². The molecule has 0 aromatic heterocycles. The number of carbonyl (C=O) groups excluding carboxylic acids is 2. The van der Waals surface area contributed by atoms with Crippen molar-refractivity contribution >= 4 is 28.8 Å². The molecule has 150 valence electrons. The van der Waals surface area contributed by atoms with E-state index < -0.39 is 23.4 Å². The van der Waals surface area contributed by atoms with Crippen molar-refractivity contribution in [1.29, 1.82) is 0 Å². The first kappa shape index (κ1) is 19.5. The van der Waals surface area contributed by atoms with Crippen molar-refractivity contribution in [3.8, 4) is 0 Å². The maximum absolute atomic E-state index is 13.4. The monoisotopic (exact) mass is 404 g/mol. The van der Waals surface area contributed by atoms with Gasteiger partial charge in [0.25, 0.3) is 11.8 Å². The maximum atomic E-state index is 13.4. The molecule has 0 fully saturated rings. The molecular formula is C24H18F2N2O2. The lowest BCUT2D eigenvalue weighted by Gasteiger charge is -2.17. The van der Waals surface area contributed by atoms with Crippen LogP contribution in [0.3, 0.4) is 0 Å². The van der Waals surface area contributed by atoms with Crippen LogP contribution in [0.25, 0.3) is 5.57 Å². The number of aryl methyl sites for hydroxylation is 2. The lowest BCUT2D eigenvalue weighted by molar-refractivity contribution is -0.120. The number of carbonyl (C=O) groups is 2. The van der Waals surface area contributed by atoms with E-state index in [1.54, 1.807) is 12.1 Å². The van der Waals surface area contributed by atoms with Gasteiger partial charge in [-0.05, 0) is 79.1 Å². The summed E-state index contributed by atoms with van der Waals surface area (Å²) in [5.41, 5.74) is 3.47. The van der Waals surface area contributed by atoms with Crippen molar-refractivity contribution in [2.75, 3.05) is 10.2 Å². The van der Waals surface area contributed by atoms with Gasteiger partial charge < -0.3 is 5.32 Å². The van der Waals surface area contributed by atoms with Gasteiger partial charge in [0.05, 0.1) is 11.3 Å². The van der Waals surface area contributed by atoms with E-state index in [9.17, 15) is 18.4 Å². The highest BCUT2D eigenvalue weighted by Crippen LogP contribution is 2.34. The Hall–Kier alpha value is -3.80. The molecular weight excluding hydrogens is 386 g/mol. The Morgan fingerprint density at radius 3 is 1.93 bits per heavy atom. The summed E-state index contributed by atoms with van der Waals surface area (Å²) in [7, 11) is 0. The standard InChI is InChI=1S/C24H18F2N2O2/c1-14-3-12-20(13-15(14)2)28-23(29)21(16-4-6-17(25)7-5-16)22(24(28)30)27-19-10-8-18(26)9-11-19/h3-13,27H,1-2H3. The number of hydrogen-bond acceptors (Lipinski definition) is 3. The molecule has 2 amide bonds. The summed E-state index contributed by atoms with van der Waals surface area (Å²) in [5, 5.41) is 2.94. The first-order valence-corrected chi connectivity index (χ1v) is 9.34. The summed E-state index contributed by atoms with van der Waals surface area (Å²) in [4.78, 5) is 27.7. The second-order valence-corrected chi connectivity index (χ2v) is 7.10. The van der Waals surface area contributed by atoms with E-state index in [-0.39, 0.29) is 11.3 Å². The molecule has 0 saturated carbocycles. The van der Waals surface area contributed by atoms with Gasteiger partial charge in [-0.2, -0.15) is 0 Å². The van der Waals surface area contributed by atoms with Crippen LogP contribution in [0.5, 0.6) is 0 Å². The minimum absolute atomic E-state index is 0.0523. The quantitative estimate of drug-likeness (QED) is 0.624. The van der Waals surface area contributed by atoms with E-state index in [0.29, 0.717) is 16.9 Å². The summed E-state index contributed by atoms with van der Waals surface area (Å²) in [6, 6.07) is 16.1. The first-order valence-electron chi connectivity index (χ1n) is 9.34. The van der Waals surface area contributed by atoms with Gasteiger partial charge in [0.1, 0.15) is 17.3 Å². The van der Waals surface area contributed by atoms with E-state index in [0.717, 1.165) is 16.0 Å². The SMILES string of the molecule is Cc1ccc(N2C(=O)C(Nc3ccc(F)cc3)=C(c3ccc(F)cc3)C2=O)cc1C. The fraction of sp³-hybridized carbons (Fsp3) is 0.0833. The zero-order chi connectivity index (χ0) is 21.4. The molecule has 0 bridgehead atoms. The number of anilines is 2. The van der Waals surface area contributed by atoms with E-state index in [1.807, 2.05) is 19.9 Å². The summed E-state index contributed by atoms with van der Waals surface area (Å²) >= 11 is 0. The van der Waals surface area contributed by atoms with Gasteiger partial charge in [-0.15, -0.1) is 0 Å². The van der Waals surface area contributed by atoms with Crippen molar-refractivity contribution in [2.45, 2.75) is 13.8 Å². The van der Waals surface area contributed by atoms with Crippen LogP contribution in [0.2, 0.25) is 0 Å². The number of hydrogen-bond donors (Lipinski definition) is 1. The number of halogens is 2. The molecule has 3 aromatic carbocycles. The molecule has 0 saturated heterocycles. The molecule has 0 atom stereocenters. The van der Waals surface area contributed by atoms with Crippen molar-refractivity contribution in [3.63, 3.8) is 0 Å². The maximum Gasteiger partial charge on any atom is 0.282 e. The summed E-state index contributed by atoms with van der Waals surface area (Å²) < 4.78 is 26.7. The average molecular weight is 404 g/mol. The van der Waals surface area contributed by atoms with Crippen molar-refractivity contribution < 1.29 is 18.4 Å². The van der Waals surface area contributed by atoms with Crippen molar-refractivity contribution in [1.82, 2.24) is 0 Å². The lowest BCUT2D eigenvalue weighted by atomic mass is 10.0. The van der Waals surface area contributed by atoms with Gasteiger partial charge in [0.15, 0.2) is 0 Å². The van der Waals surface area contributed by atoms with E-state index in [4.69, 9.17) is 0 Å². The minimum atomic E-state index is -0.535. The third kappa shape index (κ3) is 3.48. The Bertz CT molecular complexity index is 1180. The molecule has 1 aliphatic heterocycles. The van der Waals surface area contributed by atoms with E-state index in [1.165, 1.54) is 48.5 Å². The minimum Gasteiger partial charge on any atom is -0.350 e. The Morgan fingerprint density at radius 2 is 1.33 bits per heavy atom. The van der Waals surface area contributed by atoms with Gasteiger partial charge >= 0.3 is 0 Å². The van der Waals surface area contributed by atoms with Crippen LogP contribution >= 0.6 is 0 Å². The predicted octanol–water partition coefficient (Wildman–Crippen LogP) is 4.98. The van der Waals surface area contributed by atoms with Gasteiger partial charge in [0.2, 0.25) is 0 Å². The van der Waals surface area contributed by atoms with Crippen LogP contribution < -0.4 is 10.2 Å². The first-order chi connectivity index (χ1) is 14.3. The number of amides is 2. The van der Waals surface area contributed by atoms with Crippen LogP contribution in [0.1, 0.15) is 16.7 Å². The second-order valence-electron chi connectivity index (χ2n) is 7.10. The molecule has 1 aliphatic rings. The summed E-state index contributed by atoms with van der Waals surface area (Å²) in [5.74, 6) is -1.92. The van der Waals surface area contributed by atoms with E-state index >= 15 is 0 Å². The van der Waals surface area contributed by atoms with Crippen LogP contribution in [-0.4, -0.2) is 11.8 Å². The summed E-state index contributed by atoms with van der Waals surface area (Å²) in [6.45, 7) is 3.84. The normalized spacial score (nSPS) is 13.9. The zero-order valence-corrected chi connectivity index (χ0v) is 16.4. The number of benzene rings is 3. The van der Waals surface area contributed by atoms with Crippen LogP contribution in [0.4, 0.5) is 20.2 Å². The highest BCUT2D eigenvalue weighted by molar-refractivity contribution is 6.46. The molecule has 30 heavy (non-hydrogen) atoms. The fourth-order valence-electron chi connectivity index (χ4n) is 3.31. The largest absolute Gasteiger partial charge is 0.350 e. The van der Waals surface area contributed by atoms with E-state index in [2.05, 4.69) is 5.32 Å². The Morgan fingerprint density at radius 1 is 0.733 bits per heavy atom. The van der Waals surface area contributed by atoms with Gasteiger partial charge in [0, 0.05) is 5.69 Å². The van der Waals surface area contributed by atoms with Crippen LogP contribution in [0.15, 0.2) is 72.4 Å². The van der Waals surface area contributed by atoms with Gasteiger partial charge in [-0.3, -0.25) is 9.59 Å². The highest BCUT2D eigenvalue weighted by atomic mass is 19.1. The molecule has 0 unspecified atom stereocenters. The molecule has 0 aliphatic carbocycles. The number of imide groups is 1. The molecule has 6 heteroatoms. The fourth-order valence-corrected chi connectivity index (χ4v) is 3.31. The Balaban J connectivity index is 1.82. The second kappa shape index (κ2) is 7.55. The van der Waals surface area contributed by atoms with Gasteiger partial charge in [-0.1, -0.05) is 18.2 Å². The third-order valence-electron chi connectivity index (χ3n) is 5.08. The van der Waals surface area contributed by atoms with Crippen molar-refractivity contribution in [3.05, 3.63) is 101 Å². The molecule has 3 aromatic rings. The third-order valence-corrected chi connectivity index (χ3v) is 5.08. The predicted molar refractivity (Wildman–Crippen MR) is 112 cm³/mol. The summed E-state index contributed by atoms with van der Waals surface area (Å²) in [6.07, 6.45) is 0. The Kier molecular flexibility index (Phi) is 4.91. The topological polar surface area (TPSA) is 49.4 Å². The highest BCUT2D eigenvalue weighted by Gasteiger charge is 2.40. The number of nitrogens with zero attached hydrogens (tertiary/aromatic N) is 1. The number of rotatable bonds is 4. The lowest BCUT2D eigenvalue weighted by Crippen LogP contribution is -2.32. The molecule has 4 rings (SSSR count). The number of nitrogens with one attached hydrogen (secondary N) is 1. The zero-order valence-electron chi connectivity index (χ0n) is 16.4. The average Bonchev–Trinajstić information content (AvgIpc) is 2.96. The molecule has 4 nitrogen and oxygen atoms in total. The van der Waals surface area contributed by atoms with Crippen LogP contribution in [-0.2, 0) is 9.59 Å². The molecule has 1 N–H and O–H groups in total. The molecule has 0 spiro atoms. The molecule has 1 heterocycles. The smallest absolute Gasteiger partial charge is 0.282 e.